The average molecular weight is 299 g/mol. The molecule has 0 aliphatic heterocycles. The van der Waals surface area contributed by atoms with Gasteiger partial charge in [-0.25, -0.2) is 4.39 Å². The zero-order valence-corrected chi connectivity index (χ0v) is 11.3. The van der Waals surface area contributed by atoms with Crippen LogP contribution in [0.15, 0.2) is 53.6 Å². The highest BCUT2D eigenvalue weighted by Crippen LogP contribution is 2.19. The molecule has 0 saturated carbocycles. The predicted molar refractivity (Wildman–Crippen MR) is 78.2 cm³/mol. The van der Waals surface area contributed by atoms with Gasteiger partial charge in [-0.05, 0) is 18.2 Å². The fourth-order valence-corrected chi connectivity index (χ4v) is 2.28. The molecule has 7 heteroatoms. The molecule has 0 spiro atoms. The van der Waals surface area contributed by atoms with Crippen LogP contribution in [0.5, 0.6) is 0 Å². The molecule has 3 aromatic rings. The first-order valence-electron chi connectivity index (χ1n) is 6.42. The van der Waals surface area contributed by atoms with Crippen LogP contribution < -0.4 is 5.56 Å². The molecule has 0 radical (unpaired) electrons. The van der Waals surface area contributed by atoms with Crippen LogP contribution in [0.3, 0.4) is 0 Å². The third kappa shape index (κ3) is 2.56. The maximum absolute atomic E-state index is 13.7. The van der Waals surface area contributed by atoms with Crippen molar-refractivity contribution in [1.82, 2.24) is 9.55 Å². The Bertz CT molecular complexity index is 937. The van der Waals surface area contributed by atoms with Gasteiger partial charge in [-0.15, -0.1) is 0 Å². The minimum Gasteiger partial charge on any atom is -0.304 e. The third-order valence-corrected chi connectivity index (χ3v) is 3.27. The lowest BCUT2D eigenvalue weighted by Crippen LogP contribution is -2.19. The lowest BCUT2D eigenvalue weighted by Gasteiger charge is -2.08. The van der Waals surface area contributed by atoms with Gasteiger partial charge in [0, 0.05) is 29.3 Å². The van der Waals surface area contributed by atoms with E-state index in [0.29, 0.717) is 16.5 Å². The monoisotopic (exact) mass is 299 g/mol. The molecule has 0 atom stereocenters. The summed E-state index contributed by atoms with van der Waals surface area (Å²) in [6, 6.07) is 8.28. The fourth-order valence-electron chi connectivity index (χ4n) is 2.28. The zero-order chi connectivity index (χ0) is 15.7. The number of halogens is 1. The van der Waals surface area contributed by atoms with Crippen molar-refractivity contribution in [2.24, 2.45) is 0 Å². The number of hydrogen-bond acceptors (Lipinski definition) is 4. The first-order valence-corrected chi connectivity index (χ1v) is 6.42. The standard InChI is InChI=1S/C15H10FN3O3/c16-12-6-10-2-1-5-17-15(10)11(7-12)8-18-9-13(19(21)22)3-4-14(18)20/h1-7,9H,8H2. The van der Waals surface area contributed by atoms with Crippen molar-refractivity contribution in [3.63, 3.8) is 0 Å². The number of fused-ring (bicyclic) bond motifs is 1. The number of rotatable bonds is 3. The molecule has 2 heterocycles. The molecule has 0 amide bonds. The summed E-state index contributed by atoms with van der Waals surface area (Å²) >= 11 is 0. The number of nitrogens with zero attached hydrogens (tertiary/aromatic N) is 3. The van der Waals surface area contributed by atoms with Gasteiger partial charge in [0.25, 0.3) is 11.2 Å². The molecule has 2 aromatic heterocycles. The fraction of sp³-hybridized carbons (Fsp3) is 0.0667. The predicted octanol–water partition coefficient (Wildman–Crippen LogP) is 2.49. The third-order valence-electron chi connectivity index (χ3n) is 3.27. The van der Waals surface area contributed by atoms with Crippen molar-refractivity contribution < 1.29 is 9.31 Å². The molecular formula is C15H10FN3O3. The lowest BCUT2D eigenvalue weighted by atomic mass is 10.1. The Balaban J connectivity index is 2.13. The highest BCUT2D eigenvalue weighted by atomic mass is 19.1. The summed E-state index contributed by atoms with van der Waals surface area (Å²) in [6.45, 7) is 0.00574. The quantitative estimate of drug-likeness (QED) is 0.550. The van der Waals surface area contributed by atoms with Crippen molar-refractivity contribution in [3.05, 3.63) is 80.6 Å². The molecule has 0 N–H and O–H groups in total. The number of nitro groups is 1. The van der Waals surface area contributed by atoms with E-state index in [1.54, 1.807) is 18.3 Å². The summed E-state index contributed by atoms with van der Waals surface area (Å²) in [4.78, 5) is 26.3. The lowest BCUT2D eigenvalue weighted by molar-refractivity contribution is -0.385. The van der Waals surface area contributed by atoms with Crippen LogP contribution in [-0.4, -0.2) is 14.5 Å². The maximum atomic E-state index is 13.7. The molecule has 0 fully saturated rings. The van der Waals surface area contributed by atoms with Crippen LogP contribution in [0.25, 0.3) is 10.9 Å². The molecule has 3 rings (SSSR count). The Kier molecular flexibility index (Phi) is 3.38. The average Bonchev–Trinajstić information content (AvgIpc) is 2.49. The van der Waals surface area contributed by atoms with E-state index >= 15 is 0 Å². The van der Waals surface area contributed by atoms with Gasteiger partial charge >= 0.3 is 0 Å². The molecule has 0 saturated heterocycles. The van der Waals surface area contributed by atoms with Crippen LogP contribution in [0, 0.1) is 15.9 Å². The van der Waals surface area contributed by atoms with Gasteiger partial charge in [-0.2, -0.15) is 0 Å². The highest BCUT2D eigenvalue weighted by Gasteiger charge is 2.11. The van der Waals surface area contributed by atoms with Gasteiger partial charge in [0.05, 0.1) is 23.2 Å². The summed E-state index contributed by atoms with van der Waals surface area (Å²) in [5, 5.41) is 11.4. The van der Waals surface area contributed by atoms with E-state index in [1.807, 2.05) is 0 Å². The Morgan fingerprint density at radius 3 is 2.86 bits per heavy atom. The Hall–Kier alpha value is -3.09. The highest BCUT2D eigenvalue weighted by molar-refractivity contribution is 5.81. The largest absolute Gasteiger partial charge is 0.304 e. The Morgan fingerprint density at radius 2 is 2.09 bits per heavy atom. The molecule has 0 aliphatic rings. The molecule has 0 unspecified atom stereocenters. The molecule has 110 valence electrons. The van der Waals surface area contributed by atoms with Crippen molar-refractivity contribution in [2.45, 2.75) is 6.54 Å². The smallest absolute Gasteiger partial charge is 0.285 e. The molecule has 22 heavy (non-hydrogen) atoms. The van der Waals surface area contributed by atoms with E-state index in [2.05, 4.69) is 4.98 Å². The molecular weight excluding hydrogens is 289 g/mol. The van der Waals surface area contributed by atoms with E-state index in [9.17, 15) is 19.3 Å². The van der Waals surface area contributed by atoms with Crippen LogP contribution in [0.4, 0.5) is 10.1 Å². The number of pyridine rings is 2. The van der Waals surface area contributed by atoms with E-state index in [1.165, 1.54) is 16.7 Å². The molecule has 6 nitrogen and oxygen atoms in total. The SMILES string of the molecule is O=c1ccc([N+](=O)[O-])cn1Cc1cc(F)cc2cccnc12. The van der Waals surface area contributed by atoms with Crippen LogP contribution in [0.1, 0.15) is 5.56 Å². The molecule has 0 aliphatic carbocycles. The second kappa shape index (κ2) is 5.36. The van der Waals surface area contributed by atoms with Crippen molar-refractivity contribution in [2.75, 3.05) is 0 Å². The Morgan fingerprint density at radius 1 is 1.27 bits per heavy atom. The second-order valence-electron chi connectivity index (χ2n) is 4.75. The first-order chi connectivity index (χ1) is 10.5. The summed E-state index contributed by atoms with van der Waals surface area (Å²) in [6.07, 6.45) is 2.71. The van der Waals surface area contributed by atoms with Crippen molar-refractivity contribution >= 4 is 16.6 Å². The normalized spacial score (nSPS) is 10.8. The zero-order valence-electron chi connectivity index (χ0n) is 11.3. The van der Waals surface area contributed by atoms with Crippen molar-refractivity contribution in [3.8, 4) is 0 Å². The van der Waals surface area contributed by atoms with Crippen molar-refractivity contribution in [1.29, 1.82) is 0 Å². The number of hydrogen-bond donors (Lipinski definition) is 0. The second-order valence-corrected chi connectivity index (χ2v) is 4.75. The number of benzene rings is 1. The summed E-state index contributed by atoms with van der Waals surface area (Å²) in [5.74, 6) is -0.450. The van der Waals surface area contributed by atoms with Crippen LogP contribution in [0.2, 0.25) is 0 Å². The van der Waals surface area contributed by atoms with Crippen LogP contribution >= 0.6 is 0 Å². The van der Waals surface area contributed by atoms with Gasteiger partial charge in [0.2, 0.25) is 0 Å². The minimum absolute atomic E-state index is 0.00574. The van der Waals surface area contributed by atoms with E-state index < -0.39 is 16.3 Å². The van der Waals surface area contributed by atoms with E-state index in [4.69, 9.17) is 0 Å². The van der Waals surface area contributed by atoms with Gasteiger partial charge in [-0.1, -0.05) is 6.07 Å². The molecule has 0 bridgehead atoms. The van der Waals surface area contributed by atoms with E-state index in [0.717, 1.165) is 18.3 Å². The van der Waals surface area contributed by atoms with E-state index in [-0.39, 0.29) is 12.2 Å². The molecule has 1 aromatic carbocycles. The Labute approximate surface area is 123 Å². The van der Waals surface area contributed by atoms with Gasteiger partial charge in [0.1, 0.15) is 5.82 Å². The number of aromatic nitrogens is 2. The minimum atomic E-state index is -0.585. The summed E-state index contributed by atoms with van der Waals surface area (Å²) in [5.41, 5.74) is 0.438. The van der Waals surface area contributed by atoms with Gasteiger partial charge in [-0.3, -0.25) is 19.9 Å². The summed E-state index contributed by atoms with van der Waals surface area (Å²) < 4.78 is 14.9. The van der Waals surface area contributed by atoms with Gasteiger partial charge in [0.15, 0.2) is 0 Å². The van der Waals surface area contributed by atoms with Gasteiger partial charge < -0.3 is 4.57 Å². The van der Waals surface area contributed by atoms with Crippen LogP contribution in [-0.2, 0) is 6.54 Å². The summed E-state index contributed by atoms with van der Waals surface area (Å²) in [7, 11) is 0. The topological polar surface area (TPSA) is 78.0 Å². The first kappa shape index (κ1) is 13.9. The maximum Gasteiger partial charge on any atom is 0.285 e.